The third kappa shape index (κ3) is 7.82. The number of nitrogens with one attached hydrogen (secondary N) is 1. The van der Waals surface area contributed by atoms with Gasteiger partial charge < -0.3 is 11.1 Å². The number of nitrogens with two attached hydrogens (primary N) is 1. The Morgan fingerprint density at radius 2 is 2.11 bits per heavy atom. The summed E-state index contributed by atoms with van der Waals surface area (Å²) in [5.41, 5.74) is 6.61. The minimum Gasteiger partial charge on any atom is -0.354 e. The summed E-state index contributed by atoms with van der Waals surface area (Å²) >= 11 is 4.96. The van der Waals surface area contributed by atoms with Crippen molar-refractivity contribution in [1.29, 1.82) is 0 Å². The zero-order valence-corrected chi connectivity index (χ0v) is 14.5. The predicted molar refractivity (Wildman–Crippen MR) is 88.1 cm³/mol. The van der Waals surface area contributed by atoms with Crippen LogP contribution < -0.4 is 11.1 Å². The zero-order valence-electron chi connectivity index (χ0n) is 11.3. The van der Waals surface area contributed by atoms with E-state index in [1.54, 1.807) is 11.8 Å². The fourth-order valence-electron chi connectivity index (χ4n) is 1.30. The highest BCUT2D eigenvalue weighted by Gasteiger charge is 2.12. The van der Waals surface area contributed by atoms with Crippen LogP contribution in [0.15, 0.2) is 27.6 Å². The van der Waals surface area contributed by atoms with Crippen molar-refractivity contribution >= 4 is 46.0 Å². The molecular weight excluding hydrogens is 348 g/mol. The summed E-state index contributed by atoms with van der Waals surface area (Å²) in [6.07, 6.45) is 0. The van der Waals surface area contributed by atoms with E-state index in [2.05, 4.69) is 21.2 Å². The summed E-state index contributed by atoms with van der Waals surface area (Å²) < 4.78 is 1.05. The number of carbonyl (C=O) groups excluding carboxylic acids is 1. The lowest BCUT2D eigenvalue weighted by Crippen LogP contribution is -2.45. The highest BCUT2D eigenvalue weighted by molar-refractivity contribution is 9.10. The fraction of sp³-hybridized carbons (Fsp3) is 0.462. The van der Waals surface area contributed by atoms with Crippen molar-refractivity contribution in [1.82, 2.24) is 5.32 Å². The molecule has 0 aliphatic heterocycles. The van der Waals surface area contributed by atoms with Crippen LogP contribution in [-0.4, -0.2) is 23.7 Å². The van der Waals surface area contributed by atoms with E-state index in [9.17, 15) is 4.79 Å². The lowest BCUT2D eigenvalue weighted by atomic mass is 10.1. The number of benzene rings is 1. The van der Waals surface area contributed by atoms with Gasteiger partial charge >= 0.3 is 0 Å². The first-order valence-electron chi connectivity index (χ1n) is 5.72. The Hall–Kier alpha value is -0.230. The molecule has 0 radical (unpaired) electrons. The van der Waals surface area contributed by atoms with Crippen molar-refractivity contribution in [3.05, 3.63) is 28.2 Å². The van der Waals surface area contributed by atoms with Crippen molar-refractivity contribution in [2.24, 2.45) is 5.73 Å². The summed E-state index contributed by atoms with van der Waals surface area (Å²) in [6, 6.07) is 6.05. The molecule has 1 rings (SSSR count). The van der Waals surface area contributed by atoms with Crippen LogP contribution >= 0.6 is 40.1 Å². The monoisotopic (exact) mass is 366 g/mol. The fourth-order valence-corrected chi connectivity index (χ4v) is 2.61. The van der Waals surface area contributed by atoms with Gasteiger partial charge in [-0.15, -0.1) is 24.2 Å². The minimum absolute atomic E-state index is 0. The number of thioether (sulfide) groups is 1. The molecule has 3 N–H and O–H groups in total. The van der Waals surface area contributed by atoms with Gasteiger partial charge in [0.25, 0.3) is 0 Å². The Bertz CT molecular complexity index is 435. The summed E-state index contributed by atoms with van der Waals surface area (Å²) in [7, 11) is 0. The molecule has 0 aromatic heterocycles. The second kappa shape index (κ2) is 8.15. The van der Waals surface area contributed by atoms with Gasteiger partial charge in [-0.25, -0.2) is 0 Å². The maximum atomic E-state index is 11.6. The average Bonchev–Trinajstić information content (AvgIpc) is 2.24. The van der Waals surface area contributed by atoms with E-state index in [4.69, 9.17) is 5.73 Å². The van der Waals surface area contributed by atoms with Crippen LogP contribution in [0.2, 0.25) is 0 Å². The van der Waals surface area contributed by atoms with E-state index < -0.39 is 0 Å². The molecule has 108 valence electrons. The van der Waals surface area contributed by atoms with Crippen molar-refractivity contribution in [3.8, 4) is 0 Å². The highest BCUT2D eigenvalue weighted by Crippen LogP contribution is 2.24. The summed E-state index contributed by atoms with van der Waals surface area (Å²) in [4.78, 5) is 12.8. The van der Waals surface area contributed by atoms with Crippen LogP contribution in [-0.2, 0) is 4.79 Å². The highest BCUT2D eigenvalue weighted by atomic mass is 79.9. The second-order valence-corrected chi connectivity index (χ2v) is 6.90. The largest absolute Gasteiger partial charge is 0.354 e. The first-order valence-corrected chi connectivity index (χ1v) is 7.50. The van der Waals surface area contributed by atoms with Gasteiger partial charge in [0.1, 0.15) is 0 Å². The number of hydrogen-bond donors (Lipinski definition) is 2. The van der Waals surface area contributed by atoms with Crippen LogP contribution in [0.25, 0.3) is 0 Å². The van der Waals surface area contributed by atoms with Gasteiger partial charge in [-0.2, -0.15) is 0 Å². The van der Waals surface area contributed by atoms with E-state index in [1.807, 2.05) is 39.0 Å². The first-order chi connectivity index (χ1) is 8.28. The minimum atomic E-state index is -0.367. The van der Waals surface area contributed by atoms with Gasteiger partial charge in [0.05, 0.1) is 5.75 Å². The lowest BCUT2D eigenvalue weighted by Gasteiger charge is -2.18. The lowest BCUT2D eigenvalue weighted by molar-refractivity contribution is -0.118. The number of aryl methyl sites for hydroxylation is 1. The smallest absolute Gasteiger partial charge is 0.230 e. The Morgan fingerprint density at radius 3 is 2.63 bits per heavy atom. The van der Waals surface area contributed by atoms with Crippen molar-refractivity contribution in [2.45, 2.75) is 31.2 Å². The number of halogens is 2. The molecular formula is C13H20BrClN2OS. The quantitative estimate of drug-likeness (QED) is 0.786. The normalized spacial score (nSPS) is 10.8. The van der Waals surface area contributed by atoms with E-state index in [0.29, 0.717) is 12.3 Å². The van der Waals surface area contributed by atoms with E-state index in [1.165, 1.54) is 5.56 Å². The van der Waals surface area contributed by atoms with Gasteiger partial charge in [0.15, 0.2) is 0 Å². The van der Waals surface area contributed by atoms with Crippen LogP contribution in [0, 0.1) is 6.92 Å². The van der Waals surface area contributed by atoms with Crippen molar-refractivity contribution in [3.63, 3.8) is 0 Å². The van der Waals surface area contributed by atoms with E-state index >= 15 is 0 Å². The van der Waals surface area contributed by atoms with Crippen molar-refractivity contribution < 1.29 is 4.79 Å². The Kier molecular flexibility index (Phi) is 8.05. The van der Waals surface area contributed by atoms with Crippen LogP contribution in [0.1, 0.15) is 19.4 Å². The third-order valence-corrected chi connectivity index (χ3v) is 3.91. The Labute approximate surface area is 133 Å². The molecule has 0 unspecified atom stereocenters. The van der Waals surface area contributed by atoms with Crippen LogP contribution in [0.4, 0.5) is 0 Å². The number of rotatable bonds is 5. The van der Waals surface area contributed by atoms with Gasteiger partial charge in [-0.1, -0.05) is 15.9 Å². The molecule has 0 aliphatic carbocycles. The number of amides is 1. The topological polar surface area (TPSA) is 55.1 Å². The SMILES string of the molecule is Cc1cc(Br)ccc1SCC(=O)NCC(C)(C)N.Cl. The average molecular weight is 368 g/mol. The molecule has 0 aliphatic rings. The molecule has 0 saturated carbocycles. The molecule has 0 atom stereocenters. The zero-order chi connectivity index (χ0) is 13.8. The van der Waals surface area contributed by atoms with Crippen LogP contribution in [0.3, 0.4) is 0 Å². The molecule has 3 nitrogen and oxygen atoms in total. The molecule has 0 heterocycles. The molecule has 0 bridgehead atoms. The van der Waals surface area contributed by atoms with E-state index in [0.717, 1.165) is 9.37 Å². The molecule has 1 amide bonds. The molecule has 0 saturated heterocycles. The number of carbonyl (C=O) groups is 1. The second-order valence-electron chi connectivity index (χ2n) is 4.96. The molecule has 1 aromatic carbocycles. The van der Waals surface area contributed by atoms with Gasteiger partial charge in [0, 0.05) is 21.5 Å². The van der Waals surface area contributed by atoms with Gasteiger partial charge in [-0.3, -0.25) is 4.79 Å². The first kappa shape index (κ1) is 18.8. The standard InChI is InChI=1S/C13H19BrN2OS.ClH/c1-9-6-10(14)4-5-11(9)18-7-12(17)16-8-13(2,3)15;/h4-6H,7-8,15H2,1-3H3,(H,16,17);1H. The summed E-state index contributed by atoms with van der Waals surface area (Å²) in [6.45, 7) is 6.30. The molecule has 19 heavy (non-hydrogen) atoms. The molecule has 0 spiro atoms. The van der Waals surface area contributed by atoms with Crippen LogP contribution in [0.5, 0.6) is 0 Å². The summed E-state index contributed by atoms with van der Waals surface area (Å²) in [5.74, 6) is 0.430. The molecule has 1 aromatic rings. The molecule has 0 fully saturated rings. The van der Waals surface area contributed by atoms with Crippen molar-refractivity contribution in [2.75, 3.05) is 12.3 Å². The number of hydrogen-bond acceptors (Lipinski definition) is 3. The predicted octanol–water partition coefficient (Wildman–Crippen LogP) is 3.12. The van der Waals surface area contributed by atoms with Gasteiger partial charge in [-0.05, 0) is 44.5 Å². The maximum absolute atomic E-state index is 11.6. The third-order valence-electron chi connectivity index (χ3n) is 2.24. The summed E-state index contributed by atoms with van der Waals surface area (Å²) in [5, 5.41) is 2.83. The van der Waals surface area contributed by atoms with E-state index in [-0.39, 0.29) is 23.9 Å². The molecule has 6 heteroatoms. The maximum Gasteiger partial charge on any atom is 0.230 e. The Morgan fingerprint density at radius 1 is 1.47 bits per heavy atom. The van der Waals surface area contributed by atoms with Gasteiger partial charge in [0.2, 0.25) is 5.91 Å². The Balaban J connectivity index is 0.00000324.